The summed E-state index contributed by atoms with van der Waals surface area (Å²) >= 11 is 0. The number of nitrogens with one attached hydrogen (secondary N) is 1. The number of carbonyl (C=O) groups is 1. The van der Waals surface area contributed by atoms with Gasteiger partial charge in [-0.25, -0.2) is 0 Å². The minimum absolute atomic E-state index is 0.0605. The van der Waals surface area contributed by atoms with Crippen molar-refractivity contribution in [1.29, 1.82) is 0 Å². The maximum atomic E-state index is 12.9. The van der Waals surface area contributed by atoms with Crippen molar-refractivity contribution in [3.8, 4) is 17.2 Å². The van der Waals surface area contributed by atoms with Crippen LogP contribution in [0.2, 0.25) is 0 Å². The summed E-state index contributed by atoms with van der Waals surface area (Å²) in [5.74, 6) is 1.15. The van der Waals surface area contributed by atoms with Gasteiger partial charge in [-0.3, -0.25) is 4.79 Å². The Labute approximate surface area is 178 Å². The van der Waals surface area contributed by atoms with E-state index >= 15 is 0 Å². The van der Waals surface area contributed by atoms with Crippen LogP contribution in [-0.4, -0.2) is 26.0 Å². The Balaban J connectivity index is 1.89. The molecular formula is C25H31NO4. The molecule has 0 amide bonds. The molecule has 0 aliphatic carbocycles. The van der Waals surface area contributed by atoms with Crippen molar-refractivity contribution in [2.75, 3.05) is 20.2 Å². The number of unbranched alkanes of at least 4 members (excludes halogenated alkanes) is 2. The molecule has 0 radical (unpaired) electrons. The molecule has 3 rings (SSSR count). The molecule has 2 aromatic rings. The number of Topliss-reactive ketones (excluding diaryl/α,β-unsaturated/α-hetero) is 1. The number of rotatable bonds is 10. The van der Waals surface area contributed by atoms with Gasteiger partial charge in [0.1, 0.15) is 18.0 Å². The number of ether oxygens (including phenoxy) is 2. The van der Waals surface area contributed by atoms with Crippen molar-refractivity contribution in [3.63, 3.8) is 0 Å². The summed E-state index contributed by atoms with van der Waals surface area (Å²) < 4.78 is 11.2. The van der Waals surface area contributed by atoms with Crippen LogP contribution < -0.4 is 19.5 Å². The third-order valence-electron chi connectivity index (χ3n) is 5.48. The van der Waals surface area contributed by atoms with Gasteiger partial charge >= 0.3 is 0 Å². The molecule has 1 N–H and O–H groups in total. The summed E-state index contributed by atoms with van der Waals surface area (Å²) in [6.07, 6.45) is 6.17. The van der Waals surface area contributed by atoms with Gasteiger partial charge in [-0.05, 0) is 42.7 Å². The largest absolute Gasteiger partial charge is 0.872 e. The lowest BCUT2D eigenvalue weighted by atomic mass is 10.0. The molecular weight excluding hydrogens is 378 g/mol. The number of ketones is 1. The van der Waals surface area contributed by atoms with Gasteiger partial charge in [0.2, 0.25) is 5.78 Å². The lowest BCUT2D eigenvalue weighted by Gasteiger charge is -2.23. The minimum Gasteiger partial charge on any atom is -0.872 e. The molecule has 160 valence electrons. The maximum Gasteiger partial charge on any atom is 0.231 e. The highest BCUT2D eigenvalue weighted by atomic mass is 16.5. The molecule has 0 spiro atoms. The van der Waals surface area contributed by atoms with E-state index in [9.17, 15) is 9.90 Å². The molecule has 0 atom stereocenters. The quantitative estimate of drug-likeness (QED) is 0.611. The van der Waals surface area contributed by atoms with Crippen LogP contribution in [0.1, 0.15) is 61.0 Å². The number of methoxy groups -OCH3 is 1. The molecule has 1 aliphatic rings. The van der Waals surface area contributed by atoms with Crippen molar-refractivity contribution in [1.82, 2.24) is 0 Å². The Morgan fingerprint density at radius 2 is 1.83 bits per heavy atom. The Morgan fingerprint density at radius 1 is 1.10 bits per heavy atom. The van der Waals surface area contributed by atoms with Gasteiger partial charge in [-0.1, -0.05) is 50.6 Å². The van der Waals surface area contributed by atoms with E-state index in [4.69, 9.17) is 9.47 Å². The van der Waals surface area contributed by atoms with Crippen LogP contribution in [-0.2, 0) is 6.54 Å². The first kappa shape index (κ1) is 21.9. The second-order valence-electron chi connectivity index (χ2n) is 7.77. The van der Waals surface area contributed by atoms with Crippen molar-refractivity contribution < 1.29 is 24.3 Å². The smallest absolute Gasteiger partial charge is 0.231 e. The van der Waals surface area contributed by atoms with Gasteiger partial charge in [-0.2, -0.15) is 0 Å². The van der Waals surface area contributed by atoms with Crippen molar-refractivity contribution in [3.05, 3.63) is 58.8 Å². The van der Waals surface area contributed by atoms with Crippen LogP contribution >= 0.6 is 0 Å². The second kappa shape index (κ2) is 10.3. The zero-order chi connectivity index (χ0) is 21.5. The fourth-order valence-electron chi connectivity index (χ4n) is 3.74. The molecule has 0 aromatic heterocycles. The fraction of sp³-hybridized carbons (Fsp3) is 0.400. The molecule has 5 heteroatoms. The van der Waals surface area contributed by atoms with E-state index in [-0.39, 0.29) is 17.3 Å². The third-order valence-corrected chi connectivity index (χ3v) is 5.48. The molecule has 0 saturated carbocycles. The van der Waals surface area contributed by atoms with Crippen molar-refractivity contribution >= 4 is 11.9 Å². The van der Waals surface area contributed by atoms with Crippen LogP contribution in [0.5, 0.6) is 17.2 Å². The van der Waals surface area contributed by atoms with E-state index in [2.05, 4.69) is 13.8 Å². The van der Waals surface area contributed by atoms with Gasteiger partial charge in [0.15, 0.2) is 5.76 Å². The molecule has 0 fully saturated rings. The van der Waals surface area contributed by atoms with Crippen LogP contribution in [0.3, 0.4) is 0 Å². The van der Waals surface area contributed by atoms with Crippen molar-refractivity contribution in [2.45, 2.75) is 46.1 Å². The maximum absolute atomic E-state index is 12.9. The lowest BCUT2D eigenvalue weighted by Crippen LogP contribution is -3.10. The van der Waals surface area contributed by atoms with E-state index in [1.54, 1.807) is 19.3 Å². The zero-order valence-corrected chi connectivity index (χ0v) is 18.1. The average Bonchev–Trinajstić information content (AvgIpc) is 3.07. The summed E-state index contributed by atoms with van der Waals surface area (Å²) in [5, 5.41) is 12.7. The van der Waals surface area contributed by atoms with Crippen LogP contribution in [0.25, 0.3) is 6.08 Å². The Kier molecular flexibility index (Phi) is 7.52. The van der Waals surface area contributed by atoms with Gasteiger partial charge in [0, 0.05) is 5.56 Å². The molecule has 30 heavy (non-hydrogen) atoms. The Hall–Kier alpha value is -2.79. The summed E-state index contributed by atoms with van der Waals surface area (Å²) in [6.45, 7) is 6.96. The van der Waals surface area contributed by atoms with Gasteiger partial charge < -0.3 is 19.5 Å². The first-order valence-corrected chi connectivity index (χ1v) is 10.8. The van der Waals surface area contributed by atoms with E-state index in [1.807, 2.05) is 24.3 Å². The molecule has 2 aromatic carbocycles. The van der Waals surface area contributed by atoms with Crippen molar-refractivity contribution in [2.24, 2.45) is 0 Å². The molecule has 0 unspecified atom stereocenters. The highest BCUT2D eigenvalue weighted by molar-refractivity contribution is 6.14. The van der Waals surface area contributed by atoms with Gasteiger partial charge in [-0.15, -0.1) is 0 Å². The fourth-order valence-corrected chi connectivity index (χ4v) is 3.74. The number of hydrogen-bond acceptors (Lipinski definition) is 4. The molecule has 1 heterocycles. The lowest BCUT2D eigenvalue weighted by molar-refractivity contribution is -0.914. The summed E-state index contributed by atoms with van der Waals surface area (Å²) in [7, 11) is 1.60. The highest BCUT2D eigenvalue weighted by Crippen LogP contribution is 2.38. The Morgan fingerprint density at radius 3 is 2.50 bits per heavy atom. The summed E-state index contributed by atoms with van der Waals surface area (Å²) in [4.78, 5) is 14.3. The number of quaternary nitrogens is 1. The first-order chi connectivity index (χ1) is 14.6. The van der Waals surface area contributed by atoms with Crippen LogP contribution in [0, 0.1) is 0 Å². The monoisotopic (exact) mass is 409 g/mol. The third kappa shape index (κ3) is 5.03. The SMILES string of the molecule is CCCC[NH+](CCCC)Cc1c([O-])ccc2c1OC(=Cc1cccc(OC)c1)C2=O. The van der Waals surface area contributed by atoms with E-state index in [0.717, 1.165) is 44.3 Å². The number of fused-ring (bicyclic) bond motifs is 1. The summed E-state index contributed by atoms with van der Waals surface area (Å²) in [5.41, 5.74) is 1.90. The summed E-state index contributed by atoms with van der Waals surface area (Å²) in [6, 6.07) is 10.5. The van der Waals surface area contributed by atoms with E-state index < -0.39 is 0 Å². The average molecular weight is 410 g/mol. The molecule has 0 saturated heterocycles. The molecule has 1 aliphatic heterocycles. The van der Waals surface area contributed by atoms with Crippen LogP contribution in [0.4, 0.5) is 0 Å². The van der Waals surface area contributed by atoms with Gasteiger partial charge in [0.25, 0.3) is 0 Å². The van der Waals surface area contributed by atoms with E-state index in [1.165, 1.54) is 11.0 Å². The topological polar surface area (TPSA) is 63.0 Å². The normalized spacial score (nSPS) is 14.3. The number of hydrogen-bond donors (Lipinski definition) is 1. The minimum atomic E-state index is -0.183. The van der Waals surface area contributed by atoms with Gasteiger partial charge in [0.05, 0.1) is 25.8 Å². The predicted molar refractivity (Wildman–Crippen MR) is 116 cm³/mol. The molecule has 0 bridgehead atoms. The number of carbonyl (C=O) groups excluding carboxylic acids is 1. The number of benzene rings is 2. The predicted octanol–water partition coefficient (Wildman–Crippen LogP) is 3.37. The standard InChI is InChI=1S/C25H31NO4/c1-4-6-13-26(14-7-5-2)17-21-22(27)12-11-20-24(28)23(30-25(20)21)16-18-9-8-10-19(15-18)29-3/h8-12,15-16,27H,4-7,13-14,17H2,1-3H3. The molecule has 5 nitrogen and oxygen atoms in total. The Bertz CT molecular complexity index is 911. The zero-order valence-electron chi connectivity index (χ0n) is 18.1. The highest BCUT2D eigenvalue weighted by Gasteiger charge is 2.31. The first-order valence-electron chi connectivity index (χ1n) is 10.8. The van der Waals surface area contributed by atoms with E-state index in [0.29, 0.717) is 29.2 Å². The second-order valence-corrected chi connectivity index (χ2v) is 7.77. The van der Waals surface area contributed by atoms with Crippen LogP contribution in [0.15, 0.2) is 42.2 Å². The number of allylic oxidation sites excluding steroid dienone is 1.